The molecular formula is C18H26N2O6S. The van der Waals surface area contributed by atoms with Crippen LogP contribution in [-0.2, 0) is 24.3 Å². The van der Waals surface area contributed by atoms with Crippen molar-refractivity contribution in [3.63, 3.8) is 0 Å². The Morgan fingerprint density at radius 1 is 1.30 bits per heavy atom. The number of esters is 1. The molecule has 1 aromatic carbocycles. The number of β-amino-alcohol motifs (C(OH)–C–C–N with tert-alkyl or cyclic N) is 1. The van der Waals surface area contributed by atoms with Crippen molar-refractivity contribution in [3.8, 4) is 0 Å². The largest absolute Gasteiger partial charge is 0.454 e. The number of nitrogens with one attached hydrogen (secondary N) is 1. The van der Waals surface area contributed by atoms with Crippen LogP contribution < -0.4 is 5.32 Å². The first-order valence-corrected chi connectivity index (χ1v) is 10.3. The Morgan fingerprint density at radius 2 is 2.00 bits per heavy atom. The summed E-state index contributed by atoms with van der Waals surface area (Å²) in [5.74, 6) is -1.29. The van der Waals surface area contributed by atoms with Crippen LogP contribution in [0.5, 0.6) is 0 Å². The highest BCUT2D eigenvalue weighted by Crippen LogP contribution is 2.28. The van der Waals surface area contributed by atoms with Gasteiger partial charge in [0.15, 0.2) is 6.61 Å². The molecule has 2 atom stereocenters. The van der Waals surface area contributed by atoms with Gasteiger partial charge in [-0.1, -0.05) is 13.0 Å². The quantitative estimate of drug-likeness (QED) is 0.647. The molecule has 150 valence electrons. The number of carbonyl (C=O) groups is 2. The van der Waals surface area contributed by atoms with Gasteiger partial charge >= 0.3 is 5.97 Å². The second-order valence-corrected chi connectivity index (χ2v) is 8.57. The first kappa shape index (κ1) is 21.3. The van der Waals surface area contributed by atoms with E-state index in [9.17, 15) is 23.1 Å². The van der Waals surface area contributed by atoms with Crippen molar-refractivity contribution in [1.29, 1.82) is 0 Å². The minimum atomic E-state index is -3.99. The number of ether oxygens (including phenoxy) is 1. The summed E-state index contributed by atoms with van der Waals surface area (Å²) in [4.78, 5) is 24.0. The minimum Gasteiger partial charge on any atom is -0.454 e. The molecule has 1 saturated heterocycles. The Labute approximate surface area is 159 Å². The molecule has 2 N–H and O–H groups in total. The fourth-order valence-corrected chi connectivity index (χ4v) is 4.53. The van der Waals surface area contributed by atoms with Gasteiger partial charge in [-0.3, -0.25) is 9.59 Å². The highest BCUT2D eigenvalue weighted by Gasteiger charge is 2.44. The van der Waals surface area contributed by atoms with Gasteiger partial charge in [0.2, 0.25) is 10.0 Å². The maximum Gasteiger partial charge on any atom is 0.325 e. The number of sulfonamides is 1. The molecule has 1 aliphatic rings. The molecule has 0 bridgehead atoms. The summed E-state index contributed by atoms with van der Waals surface area (Å²) in [6.45, 7) is 5.34. The number of rotatable bonds is 7. The monoisotopic (exact) mass is 398 g/mol. The van der Waals surface area contributed by atoms with Crippen molar-refractivity contribution in [2.24, 2.45) is 0 Å². The molecule has 0 spiro atoms. The molecule has 1 aromatic rings. The van der Waals surface area contributed by atoms with Crippen LogP contribution in [0.2, 0.25) is 0 Å². The number of carbonyl (C=O) groups excluding carboxylic acids is 2. The number of amides is 1. The highest BCUT2D eigenvalue weighted by atomic mass is 32.2. The summed E-state index contributed by atoms with van der Waals surface area (Å²) in [5.41, 5.74) is 1.76. The maximum atomic E-state index is 13.0. The Kier molecular flexibility index (Phi) is 6.96. The molecule has 8 nitrogen and oxygen atoms in total. The number of hydrogen-bond donors (Lipinski definition) is 2. The minimum absolute atomic E-state index is 0.0539. The van der Waals surface area contributed by atoms with Gasteiger partial charge in [0.1, 0.15) is 6.04 Å². The number of aryl methyl sites for hydroxylation is 2. The molecule has 27 heavy (non-hydrogen) atoms. The summed E-state index contributed by atoms with van der Waals surface area (Å²) in [7, 11) is -3.99. The Morgan fingerprint density at radius 3 is 2.63 bits per heavy atom. The molecule has 1 fully saturated rings. The number of benzene rings is 1. The molecule has 0 aliphatic carbocycles. The van der Waals surface area contributed by atoms with Crippen molar-refractivity contribution in [1.82, 2.24) is 9.62 Å². The number of aliphatic hydroxyl groups excluding tert-OH is 1. The molecule has 1 aliphatic heterocycles. The lowest BCUT2D eigenvalue weighted by Gasteiger charge is -2.22. The second-order valence-electron chi connectivity index (χ2n) is 6.68. The zero-order chi connectivity index (χ0) is 20.2. The zero-order valence-corrected chi connectivity index (χ0v) is 16.6. The summed E-state index contributed by atoms with van der Waals surface area (Å²) < 4.78 is 31.9. The fourth-order valence-electron chi connectivity index (χ4n) is 2.82. The van der Waals surface area contributed by atoms with E-state index in [1.54, 1.807) is 13.0 Å². The molecule has 0 unspecified atom stereocenters. The van der Waals surface area contributed by atoms with Crippen molar-refractivity contribution in [2.75, 3.05) is 19.7 Å². The van der Waals surface area contributed by atoms with Crippen LogP contribution in [0.3, 0.4) is 0 Å². The van der Waals surface area contributed by atoms with Gasteiger partial charge in [0, 0.05) is 19.5 Å². The molecule has 0 radical (unpaired) electrons. The van der Waals surface area contributed by atoms with Crippen LogP contribution in [0.1, 0.15) is 30.9 Å². The molecule has 2 rings (SSSR count). The summed E-state index contributed by atoms with van der Waals surface area (Å²) >= 11 is 0. The van der Waals surface area contributed by atoms with Gasteiger partial charge in [-0.25, -0.2) is 8.42 Å². The van der Waals surface area contributed by atoms with Crippen LogP contribution in [0, 0.1) is 13.8 Å². The third-order valence-corrected chi connectivity index (χ3v) is 6.38. The fraction of sp³-hybridized carbons (Fsp3) is 0.556. The average Bonchev–Trinajstić information content (AvgIpc) is 3.02. The van der Waals surface area contributed by atoms with Crippen LogP contribution in [-0.4, -0.2) is 61.5 Å². The van der Waals surface area contributed by atoms with Gasteiger partial charge in [-0.15, -0.1) is 0 Å². The Bertz CT molecular complexity index is 808. The third kappa shape index (κ3) is 5.06. The molecule has 1 amide bonds. The van der Waals surface area contributed by atoms with Crippen molar-refractivity contribution in [3.05, 3.63) is 29.3 Å². The molecule has 1 heterocycles. The summed E-state index contributed by atoms with van der Waals surface area (Å²) in [6, 6.07) is 3.55. The predicted octanol–water partition coefficient (Wildman–Crippen LogP) is 0.497. The Hall–Kier alpha value is -1.97. The van der Waals surface area contributed by atoms with Crippen molar-refractivity contribution in [2.45, 2.75) is 50.7 Å². The summed E-state index contributed by atoms with van der Waals surface area (Å²) in [6.07, 6.45) is -0.298. The SMILES string of the molecule is CCCNC(=O)COC(=O)[C@@H]1C[C@H](O)CN1S(=O)(=O)c1ccc(C)c(C)c1. The molecular weight excluding hydrogens is 372 g/mol. The van der Waals surface area contributed by atoms with Crippen LogP contribution in [0.25, 0.3) is 0 Å². The Balaban J connectivity index is 2.15. The predicted molar refractivity (Wildman–Crippen MR) is 98.5 cm³/mol. The van der Waals surface area contributed by atoms with Gasteiger partial charge < -0.3 is 15.2 Å². The first-order chi connectivity index (χ1) is 12.7. The zero-order valence-electron chi connectivity index (χ0n) is 15.8. The van der Waals surface area contributed by atoms with E-state index in [0.717, 1.165) is 21.9 Å². The van der Waals surface area contributed by atoms with E-state index in [1.807, 2.05) is 13.8 Å². The molecule has 0 saturated carbocycles. The van der Waals surface area contributed by atoms with Crippen LogP contribution in [0.4, 0.5) is 0 Å². The maximum absolute atomic E-state index is 13.0. The van der Waals surface area contributed by atoms with Gasteiger partial charge in [0.25, 0.3) is 5.91 Å². The number of nitrogens with zero attached hydrogens (tertiary/aromatic N) is 1. The number of aliphatic hydroxyl groups is 1. The third-order valence-electron chi connectivity index (χ3n) is 4.51. The smallest absolute Gasteiger partial charge is 0.325 e. The lowest BCUT2D eigenvalue weighted by atomic mass is 10.1. The highest BCUT2D eigenvalue weighted by molar-refractivity contribution is 7.89. The van der Waals surface area contributed by atoms with Crippen molar-refractivity contribution < 1.29 is 27.9 Å². The van der Waals surface area contributed by atoms with E-state index in [4.69, 9.17) is 4.74 Å². The molecule has 0 aromatic heterocycles. The van der Waals surface area contributed by atoms with E-state index < -0.39 is 40.7 Å². The van der Waals surface area contributed by atoms with Gasteiger partial charge in [-0.2, -0.15) is 4.31 Å². The van der Waals surface area contributed by atoms with Crippen LogP contribution >= 0.6 is 0 Å². The van der Waals surface area contributed by atoms with E-state index in [2.05, 4.69) is 5.32 Å². The average molecular weight is 398 g/mol. The van der Waals surface area contributed by atoms with Gasteiger partial charge in [-0.05, 0) is 43.5 Å². The standard InChI is InChI=1S/C18H26N2O6S/c1-4-7-19-17(22)11-26-18(23)16-9-14(21)10-20(16)27(24,25)15-6-5-12(2)13(3)8-15/h5-6,8,14,16,21H,4,7,9-11H2,1-3H3,(H,19,22)/t14-,16-/m0/s1. The van der Waals surface area contributed by atoms with E-state index in [1.165, 1.54) is 12.1 Å². The lowest BCUT2D eigenvalue weighted by Crippen LogP contribution is -2.42. The molecule has 9 heteroatoms. The number of hydrogen-bond acceptors (Lipinski definition) is 6. The van der Waals surface area contributed by atoms with E-state index in [0.29, 0.717) is 6.54 Å². The summed E-state index contributed by atoms with van der Waals surface area (Å²) in [5, 5.41) is 12.5. The topological polar surface area (TPSA) is 113 Å². The van der Waals surface area contributed by atoms with E-state index >= 15 is 0 Å². The second kappa shape index (κ2) is 8.81. The van der Waals surface area contributed by atoms with Gasteiger partial charge in [0.05, 0.1) is 11.0 Å². The lowest BCUT2D eigenvalue weighted by molar-refractivity contribution is -0.151. The van der Waals surface area contributed by atoms with Crippen LogP contribution in [0.15, 0.2) is 23.1 Å². The first-order valence-electron chi connectivity index (χ1n) is 8.87. The van der Waals surface area contributed by atoms with Crippen molar-refractivity contribution >= 4 is 21.9 Å². The van der Waals surface area contributed by atoms with E-state index in [-0.39, 0.29) is 17.9 Å². The normalized spacial score (nSPS) is 20.4.